The van der Waals surface area contributed by atoms with Gasteiger partial charge in [-0.15, -0.1) is 0 Å². The van der Waals surface area contributed by atoms with E-state index in [1.165, 1.54) is 12.1 Å². The van der Waals surface area contributed by atoms with E-state index in [9.17, 15) is 19.5 Å². The Labute approximate surface area is 132 Å². The molecule has 0 aromatic heterocycles. The molecule has 0 spiro atoms. The number of rotatable bonds is 2. The number of phenols is 1. The minimum absolute atomic E-state index is 0.126. The first-order chi connectivity index (χ1) is 10.2. The zero-order chi connectivity index (χ0) is 16.5. The first-order valence-electron chi connectivity index (χ1n) is 6.73. The van der Waals surface area contributed by atoms with E-state index in [1.54, 1.807) is 32.9 Å². The molecule has 22 heavy (non-hydrogen) atoms. The van der Waals surface area contributed by atoms with Gasteiger partial charge in [-0.05, 0) is 56.7 Å². The molecule has 6 nitrogen and oxygen atoms in total. The van der Waals surface area contributed by atoms with Gasteiger partial charge >= 0.3 is 6.09 Å². The monoisotopic (exact) mass is 323 g/mol. The zero-order valence-corrected chi connectivity index (χ0v) is 13.3. The molecule has 7 heteroatoms. The third kappa shape index (κ3) is 3.79. The van der Waals surface area contributed by atoms with Gasteiger partial charge in [0.15, 0.2) is 0 Å². The molecule has 0 bridgehead atoms. The summed E-state index contributed by atoms with van der Waals surface area (Å²) in [5.74, 6) is -0.446. The van der Waals surface area contributed by atoms with Gasteiger partial charge in [-0.3, -0.25) is 9.59 Å². The zero-order valence-electron chi connectivity index (χ0n) is 12.5. The van der Waals surface area contributed by atoms with Crippen molar-refractivity contribution in [3.05, 3.63) is 29.8 Å². The lowest BCUT2D eigenvalue weighted by atomic mass is 10.1. The fourth-order valence-electron chi connectivity index (χ4n) is 1.91. The third-order valence-electron chi connectivity index (χ3n) is 2.85. The normalized spacial score (nSPS) is 18.7. The smallest absolute Gasteiger partial charge is 0.424 e. The second-order valence-corrected chi connectivity index (χ2v) is 7.05. The molecule has 1 aromatic rings. The molecule has 1 atom stereocenters. The molecule has 1 unspecified atom stereocenters. The molecule has 1 fully saturated rings. The Hall–Kier alpha value is -2.02. The van der Waals surface area contributed by atoms with Gasteiger partial charge in [0.2, 0.25) is 0 Å². The predicted octanol–water partition coefficient (Wildman–Crippen LogP) is 2.93. The van der Waals surface area contributed by atoms with Crippen molar-refractivity contribution in [2.75, 3.05) is 0 Å². The Bertz CT molecular complexity index is 605. The quantitative estimate of drug-likeness (QED) is 0.901. The first kappa shape index (κ1) is 16.4. The maximum atomic E-state index is 12.2. The molecule has 1 saturated heterocycles. The number of carbonyl (C=O) groups excluding carboxylic acids is 3. The van der Waals surface area contributed by atoms with Gasteiger partial charge in [0.05, 0.1) is 5.25 Å². The fraction of sp³-hybridized carbons (Fsp3) is 0.400. The highest BCUT2D eigenvalue weighted by Gasteiger charge is 2.45. The van der Waals surface area contributed by atoms with Gasteiger partial charge in [0.25, 0.3) is 11.1 Å². The van der Waals surface area contributed by atoms with Crippen LogP contribution in [0.3, 0.4) is 0 Å². The SMILES string of the molecule is CC(C)(C)OC(=O)N1C(=O)SC(Cc2ccc(O)cc2)C1=O. The van der Waals surface area contributed by atoms with Gasteiger partial charge in [-0.1, -0.05) is 12.1 Å². The number of amides is 3. The van der Waals surface area contributed by atoms with E-state index in [1.807, 2.05) is 0 Å². The number of imide groups is 3. The first-order valence-corrected chi connectivity index (χ1v) is 7.61. The number of hydrogen-bond donors (Lipinski definition) is 1. The van der Waals surface area contributed by atoms with E-state index in [0.717, 1.165) is 17.3 Å². The van der Waals surface area contributed by atoms with Crippen LogP contribution < -0.4 is 0 Å². The summed E-state index contributed by atoms with van der Waals surface area (Å²) in [5, 5.41) is 7.95. The van der Waals surface area contributed by atoms with Crippen LogP contribution >= 0.6 is 11.8 Å². The summed E-state index contributed by atoms with van der Waals surface area (Å²) >= 11 is 0.809. The molecule has 1 aliphatic rings. The maximum absolute atomic E-state index is 12.2. The van der Waals surface area contributed by atoms with E-state index in [-0.39, 0.29) is 5.75 Å². The van der Waals surface area contributed by atoms with Crippen LogP contribution in [0.4, 0.5) is 9.59 Å². The third-order valence-corrected chi connectivity index (χ3v) is 3.89. The Balaban J connectivity index is 2.08. The highest BCUT2D eigenvalue weighted by atomic mass is 32.2. The van der Waals surface area contributed by atoms with E-state index < -0.39 is 28.1 Å². The average molecular weight is 323 g/mol. The van der Waals surface area contributed by atoms with E-state index >= 15 is 0 Å². The van der Waals surface area contributed by atoms with Crippen LogP contribution in [0.25, 0.3) is 0 Å². The van der Waals surface area contributed by atoms with Crippen molar-refractivity contribution >= 4 is 29.0 Å². The second kappa shape index (κ2) is 6.00. The summed E-state index contributed by atoms with van der Waals surface area (Å²) in [7, 11) is 0. The molecule has 1 N–H and O–H groups in total. The topological polar surface area (TPSA) is 83.9 Å². The van der Waals surface area contributed by atoms with Crippen LogP contribution in [0, 0.1) is 0 Å². The lowest BCUT2D eigenvalue weighted by Crippen LogP contribution is -2.41. The molecular weight excluding hydrogens is 306 g/mol. The molecule has 2 rings (SSSR count). The van der Waals surface area contributed by atoms with Gasteiger partial charge in [0.1, 0.15) is 11.4 Å². The Kier molecular flexibility index (Phi) is 4.46. The molecule has 1 aromatic carbocycles. The lowest BCUT2D eigenvalue weighted by Gasteiger charge is -2.22. The fourth-order valence-corrected chi connectivity index (χ4v) is 2.90. The second-order valence-electron chi connectivity index (χ2n) is 5.90. The Morgan fingerprint density at radius 2 is 1.86 bits per heavy atom. The molecule has 3 amide bonds. The number of nitrogens with zero attached hydrogens (tertiary/aromatic N) is 1. The van der Waals surface area contributed by atoms with E-state index in [0.29, 0.717) is 11.3 Å². The van der Waals surface area contributed by atoms with Crippen LogP contribution in [0.15, 0.2) is 24.3 Å². The molecule has 118 valence electrons. The van der Waals surface area contributed by atoms with Gasteiger partial charge in [-0.2, -0.15) is 4.90 Å². The van der Waals surface area contributed by atoms with Crippen molar-refractivity contribution in [3.8, 4) is 5.75 Å². The van der Waals surface area contributed by atoms with Crippen LogP contribution in [0.1, 0.15) is 26.3 Å². The maximum Gasteiger partial charge on any atom is 0.424 e. The van der Waals surface area contributed by atoms with Crippen molar-refractivity contribution in [1.82, 2.24) is 4.90 Å². The molecule has 1 heterocycles. The Morgan fingerprint density at radius 3 is 2.41 bits per heavy atom. The number of hydrogen-bond acceptors (Lipinski definition) is 6. The summed E-state index contributed by atoms with van der Waals surface area (Å²) in [6.07, 6.45) is -0.641. The lowest BCUT2D eigenvalue weighted by molar-refractivity contribution is -0.126. The van der Waals surface area contributed by atoms with Crippen LogP contribution in [-0.2, 0) is 16.0 Å². The van der Waals surface area contributed by atoms with Crippen molar-refractivity contribution in [2.24, 2.45) is 0 Å². The van der Waals surface area contributed by atoms with Crippen LogP contribution in [0.2, 0.25) is 0 Å². The van der Waals surface area contributed by atoms with E-state index in [4.69, 9.17) is 4.74 Å². The minimum atomic E-state index is -0.941. The number of ether oxygens (including phenoxy) is 1. The highest BCUT2D eigenvalue weighted by molar-refractivity contribution is 8.15. The van der Waals surface area contributed by atoms with Crippen molar-refractivity contribution in [2.45, 2.75) is 38.0 Å². The van der Waals surface area contributed by atoms with Gasteiger partial charge < -0.3 is 9.84 Å². The van der Waals surface area contributed by atoms with Crippen LogP contribution in [-0.4, -0.2) is 38.1 Å². The standard InChI is InChI=1S/C15H17NO5S/c1-15(2,3)21-13(19)16-12(18)11(22-14(16)20)8-9-4-6-10(17)7-5-9/h4-7,11,17H,8H2,1-3H3. The number of thioether (sulfide) groups is 1. The van der Waals surface area contributed by atoms with Crippen molar-refractivity contribution in [3.63, 3.8) is 0 Å². The van der Waals surface area contributed by atoms with Crippen LogP contribution in [0.5, 0.6) is 5.75 Å². The predicted molar refractivity (Wildman–Crippen MR) is 81.7 cm³/mol. The largest absolute Gasteiger partial charge is 0.508 e. The van der Waals surface area contributed by atoms with Crippen molar-refractivity contribution in [1.29, 1.82) is 0 Å². The molecule has 0 radical (unpaired) electrons. The number of aromatic hydroxyl groups is 1. The number of phenolic OH excluding ortho intramolecular Hbond substituents is 1. The summed E-state index contributed by atoms with van der Waals surface area (Å²) in [5.41, 5.74) is 0.0136. The molecular formula is C15H17NO5S. The minimum Gasteiger partial charge on any atom is -0.508 e. The summed E-state index contributed by atoms with van der Waals surface area (Å²) in [4.78, 5) is 36.6. The summed E-state index contributed by atoms with van der Waals surface area (Å²) in [6, 6.07) is 6.35. The molecule has 0 aliphatic carbocycles. The van der Waals surface area contributed by atoms with E-state index in [2.05, 4.69) is 0 Å². The average Bonchev–Trinajstić information content (AvgIpc) is 2.65. The van der Waals surface area contributed by atoms with Gasteiger partial charge in [0, 0.05) is 0 Å². The van der Waals surface area contributed by atoms with Gasteiger partial charge in [-0.25, -0.2) is 4.79 Å². The highest BCUT2D eigenvalue weighted by Crippen LogP contribution is 2.31. The number of carbonyl (C=O) groups is 3. The van der Waals surface area contributed by atoms with Crippen molar-refractivity contribution < 1.29 is 24.2 Å². The Morgan fingerprint density at radius 1 is 1.27 bits per heavy atom. The molecule has 1 aliphatic heterocycles. The number of benzene rings is 1. The summed E-state index contributed by atoms with van der Waals surface area (Å²) in [6.45, 7) is 4.99. The molecule has 0 saturated carbocycles. The summed E-state index contributed by atoms with van der Waals surface area (Å²) < 4.78 is 5.08.